The van der Waals surface area contributed by atoms with E-state index < -0.39 is 0 Å². The first-order chi connectivity index (χ1) is 4.63. The quantitative estimate of drug-likeness (QED) is 0.529. The topological polar surface area (TPSA) is 37.4 Å². The molecule has 62 valence electrons. The zero-order valence-electron chi connectivity index (χ0n) is 6.00. The molecule has 0 aromatic rings. The number of imide groups is 1. The lowest BCUT2D eigenvalue weighted by molar-refractivity contribution is -0.138. The Balaban J connectivity index is 0.000001000. The lowest BCUT2D eigenvalue weighted by Gasteiger charge is -2.17. The maximum Gasteiger partial charge on any atom is 0.253 e. The number of hydrogen-bond acceptors (Lipinski definition) is 2. The molecule has 11 heavy (non-hydrogen) atoms. The van der Waals surface area contributed by atoms with Crippen LogP contribution >= 0.6 is 0 Å². The van der Waals surface area contributed by atoms with Gasteiger partial charge in [-0.25, -0.2) is 0 Å². The third-order valence-electron chi connectivity index (χ3n) is 1.36. The second kappa shape index (κ2) is 3.32. The van der Waals surface area contributed by atoms with Crippen LogP contribution in [0, 0.1) is 0 Å². The molecule has 1 aliphatic heterocycles. The first-order valence-electron chi connectivity index (χ1n) is 3.18. The van der Waals surface area contributed by atoms with Crippen LogP contribution in [-0.4, -0.2) is 22.8 Å². The zero-order chi connectivity index (χ0) is 7.72. The van der Waals surface area contributed by atoms with Gasteiger partial charge in [0.2, 0.25) is 0 Å². The summed E-state index contributed by atoms with van der Waals surface area (Å²) in [7, 11) is 0. The molecule has 0 atom stereocenters. The summed E-state index contributed by atoms with van der Waals surface area (Å²) in [5.41, 5.74) is 0. The van der Waals surface area contributed by atoms with E-state index in [-0.39, 0.29) is 25.3 Å². The van der Waals surface area contributed by atoms with Crippen molar-refractivity contribution in [1.82, 2.24) is 4.90 Å². The minimum absolute atomic E-state index is 0. The Morgan fingerprint density at radius 2 is 1.55 bits per heavy atom. The summed E-state index contributed by atoms with van der Waals surface area (Å²) in [4.78, 5) is 22.9. The number of amides is 2. The van der Waals surface area contributed by atoms with E-state index in [0.29, 0.717) is 0 Å². The highest BCUT2D eigenvalue weighted by Crippen LogP contribution is 2.07. The van der Waals surface area contributed by atoms with E-state index in [1.807, 2.05) is 13.8 Å². The van der Waals surface area contributed by atoms with Crippen molar-refractivity contribution >= 4 is 11.8 Å². The normalized spacial score (nSPS) is 16.1. The first kappa shape index (κ1) is 9.88. The first-order valence-corrected chi connectivity index (χ1v) is 3.18. The SMILES string of the molecule is C.CC(C)N1C(=O)C=CC1=O. The van der Waals surface area contributed by atoms with Gasteiger partial charge in [0.1, 0.15) is 0 Å². The smallest absolute Gasteiger partial charge is 0.253 e. The van der Waals surface area contributed by atoms with Crippen molar-refractivity contribution in [3.05, 3.63) is 12.2 Å². The summed E-state index contributed by atoms with van der Waals surface area (Å²) in [5.74, 6) is -0.417. The largest absolute Gasteiger partial charge is 0.273 e. The average molecular weight is 155 g/mol. The van der Waals surface area contributed by atoms with Gasteiger partial charge in [-0.15, -0.1) is 0 Å². The molecular weight excluding hydrogens is 142 g/mol. The molecule has 0 radical (unpaired) electrons. The fraction of sp³-hybridized carbons (Fsp3) is 0.500. The van der Waals surface area contributed by atoms with Gasteiger partial charge >= 0.3 is 0 Å². The summed E-state index contributed by atoms with van der Waals surface area (Å²) < 4.78 is 0. The Hall–Kier alpha value is -1.12. The van der Waals surface area contributed by atoms with E-state index in [2.05, 4.69) is 0 Å². The van der Waals surface area contributed by atoms with E-state index >= 15 is 0 Å². The molecule has 0 aliphatic carbocycles. The van der Waals surface area contributed by atoms with Gasteiger partial charge in [-0.05, 0) is 13.8 Å². The van der Waals surface area contributed by atoms with Crippen molar-refractivity contribution in [2.24, 2.45) is 0 Å². The predicted octanol–water partition coefficient (Wildman–Crippen LogP) is 0.956. The summed E-state index contributed by atoms with van der Waals surface area (Å²) in [6.07, 6.45) is 2.59. The van der Waals surface area contributed by atoms with Gasteiger partial charge in [0.15, 0.2) is 0 Å². The van der Waals surface area contributed by atoms with Crippen LogP contribution < -0.4 is 0 Å². The highest BCUT2D eigenvalue weighted by atomic mass is 16.2. The number of nitrogens with zero attached hydrogens (tertiary/aromatic N) is 1. The Labute approximate surface area is 66.7 Å². The number of carbonyl (C=O) groups excluding carboxylic acids is 2. The van der Waals surface area contributed by atoms with Crippen molar-refractivity contribution in [3.63, 3.8) is 0 Å². The predicted molar refractivity (Wildman–Crippen MR) is 42.9 cm³/mol. The molecule has 0 unspecified atom stereocenters. The molecule has 0 saturated carbocycles. The molecule has 3 heteroatoms. The molecule has 2 amide bonds. The van der Waals surface area contributed by atoms with E-state index in [1.54, 1.807) is 0 Å². The molecule has 0 N–H and O–H groups in total. The lowest BCUT2D eigenvalue weighted by atomic mass is 10.3. The van der Waals surface area contributed by atoms with Crippen LogP contribution in [0.25, 0.3) is 0 Å². The molecular formula is C8H13NO2. The van der Waals surface area contributed by atoms with E-state index in [1.165, 1.54) is 17.1 Å². The molecule has 3 nitrogen and oxygen atoms in total. The van der Waals surface area contributed by atoms with Gasteiger partial charge in [-0.3, -0.25) is 14.5 Å². The van der Waals surface area contributed by atoms with Crippen molar-refractivity contribution in [1.29, 1.82) is 0 Å². The Kier molecular flexibility index (Phi) is 2.99. The van der Waals surface area contributed by atoms with Gasteiger partial charge < -0.3 is 0 Å². The minimum atomic E-state index is -0.208. The highest BCUT2D eigenvalue weighted by molar-refractivity contribution is 6.13. The number of rotatable bonds is 1. The van der Waals surface area contributed by atoms with Crippen LogP contribution in [0.3, 0.4) is 0 Å². The lowest BCUT2D eigenvalue weighted by Crippen LogP contribution is -2.36. The van der Waals surface area contributed by atoms with Crippen molar-refractivity contribution in [2.75, 3.05) is 0 Å². The Bertz CT molecular complexity index is 188. The van der Waals surface area contributed by atoms with Gasteiger partial charge in [0, 0.05) is 18.2 Å². The highest BCUT2D eigenvalue weighted by Gasteiger charge is 2.25. The molecule has 0 aromatic heterocycles. The zero-order valence-corrected chi connectivity index (χ0v) is 6.00. The second-order valence-electron chi connectivity index (χ2n) is 2.47. The van der Waals surface area contributed by atoms with Gasteiger partial charge in [0.05, 0.1) is 0 Å². The van der Waals surface area contributed by atoms with E-state index in [0.717, 1.165) is 0 Å². The van der Waals surface area contributed by atoms with Gasteiger partial charge in [0.25, 0.3) is 11.8 Å². The standard InChI is InChI=1S/C7H9NO2.CH4/c1-5(2)8-6(9)3-4-7(8)10;/h3-5H,1-2H3;1H4. The molecule has 1 rings (SSSR count). The Morgan fingerprint density at radius 3 is 1.73 bits per heavy atom. The maximum atomic E-state index is 10.8. The minimum Gasteiger partial charge on any atom is -0.273 e. The van der Waals surface area contributed by atoms with E-state index in [4.69, 9.17) is 0 Å². The summed E-state index contributed by atoms with van der Waals surface area (Å²) in [5, 5.41) is 0. The van der Waals surface area contributed by atoms with E-state index in [9.17, 15) is 9.59 Å². The van der Waals surface area contributed by atoms with Crippen LogP contribution in [0.5, 0.6) is 0 Å². The molecule has 1 aliphatic rings. The van der Waals surface area contributed by atoms with Crippen LogP contribution in [0.4, 0.5) is 0 Å². The van der Waals surface area contributed by atoms with Gasteiger partial charge in [-0.2, -0.15) is 0 Å². The second-order valence-corrected chi connectivity index (χ2v) is 2.47. The number of hydrogen-bond donors (Lipinski definition) is 0. The van der Waals surface area contributed by atoms with Crippen LogP contribution in [0.1, 0.15) is 21.3 Å². The fourth-order valence-electron chi connectivity index (χ4n) is 0.921. The van der Waals surface area contributed by atoms with Gasteiger partial charge in [-0.1, -0.05) is 7.43 Å². The van der Waals surface area contributed by atoms with Crippen molar-refractivity contribution in [3.8, 4) is 0 Å². The third-order valence-corrected chi connectivity index (χ3v) is 1.36. The molecule has 0 saturated heterocycles. The Morgan fingerprint density at radius 1 is 1.18 bits per heavy atom. The monoisotopic (exact) mass is 155 g/mol. The molecule has 0 spiro atoms. The van der Waals surface area contributed by atoms with Crippen LogP contribution in [0.2, 0.25) is 0 Å². The van der Waals surface area contributed by atoms with Crippen molar-refractivity contribution < 1.29 is 9.59 Å². The summed E-state index contributed by atoms with van der Waals surface area (Å²) in [6, 6.07) is -0.0324. The third kappa shape index (κ3) is 1.67. The molecule has 1 heterocycles. The van der Waals surface area contributed by atoms with Crippen molar-refractivity contribution in [2.45, 2.75) is 27.3 Å². The summed E-state index contributed by atoms with van der Waals surface area (Å²) >= 11 is 0. The molecule has 0 bridgehead atoms. The van der Waals surface area contributed by atoms with Crippen LogP contribution in [0.15, 0.2) is 12.2 Å². The number of carbonyl (C=O) groups is 2. The molecule has 0 aromatic carbocycles. The maximum absolute atomic E-state index is 10.8. The summed E-state index contributed by atoms with van der Waals surface area (Å²) in [6.45, 7) is 3.62. The molecule has 0 fully saturated rings. The van der Waals surface area contributed by atoms with Crippen LogP contribution in [-0.2, 0) is 9.59 Å². The average Bonchev–Trinajstić information content (AvgIpc) is 2.11. The fourth-order valence-corrected chi connectivity index (χ4v) is 0.921.